The summed E-state index contributed by atoms with van der Waals surface area (Å²) in [5.41, 5.74) is -1.40. The van der Waals surface area contributed by atoms with E-state index in [1.165, 1.54) is 6.92 Å². The van der Waals surface area contributed by atoms with Crippen molar-refractivity contribution in [1.29, 1.82) is 0 Å². The third-order valence-electron chi connectivity index (χ3n) is 1.07. The van der Waals surface area contributed by atoms with Crippen LogP contribution < -0.4 is 0 Å². The number of phosphoric acid groups is 1. The standard InChI is InChI=1S/C7H9O4P/c1-4-6-7(3,5-2)11-12(8,9)10/h1-2H,6H2,3H3,(H2,8,9,10). The van der Waals surface area contributed by atoms with Crippen LogP contribution in [-0.4, -0.2) is 15.4 Å². The lowest BCUT2D eigenvalue weighted by atomic mass is 10.1. The van der Waals surface area contributed by atoms with Crippen molar-refractivity contribution in [3.05, 3.63) is 0 Å². The molecular formula is C7H9O4P. The van der Waals surface area contributed by atoms with Gasteiger partial charge in [-0.05, 0) is 6.92 Å². The van der Waals surface area contributed by atoms with Gasteiger partial charge in [-0.2, -0.15) is 0 Å². The molecule has 1 unspecified atom stereocenters. The Balaban J connectivity index is 4.51. The largest absolute Gasteiger partial charge is 0.471 e. The van der Waals surface area contributed by atoms with E-state index in [9.17, 15) is 4.57 Å². The van der Waals surface area contributed by atoms with E-state index in [1.807, 2.05) is 0 Å². The van der Waals surface area contributed by atoms with Gasteiger partial charge < -0.3 is 9.79 Å². The van der Waals surface area contributed by atoms with Gasteiger partial charge in [-0.15, -0.1) is 18.8 Å². The molecule has 4 nitrogen and oxygen atoms in total. The Bertz CT molecular complexity index is 279. The zero-order chi connectivity index (χ0) is 9.83. The fraction of sp³-hybridized carbons (Fsp3) is 0.429. The Morgan fingerprint density at radius 1 is 1.58 bits per heavy atom. The van der Waals surface area contributed by atoms with Gasteiger partial charge in [0.15, 0.2) is 0 Å². The highest BCUT2D eigenvalue weighted by atomic mass is 31.2. The molecule has 0 aromatic carbocycles. The first-order chi connectivity index (χ1) is 5.33. The Labute approximate surface area is 71.2 Å². The minimum Gasteiger partial charge on any atom is -0.303 e. The Kier molecular flexibility index (Phi) is 3.52. The average molecular weight is 188 g/mol. The van der Waals surface area contributed by atoms with E-state index in [0.29, 0.717) is 0 Å². The van der Waals surface area contributed by atoms with E-state index in [2.05, 4.69) is 16.4 Å². The molecule has 0 saturated carbocycles. The van der Waals surface area contributed by atoms with Crippen LogP contribution in [0.4, 0.5) is 0 Å². The van der Waals surface area contributed by atoms with E-state index >= 15 is 0 Å². The van der Waals surface area contributed by atoms with Crippen molar-refractivity contribution < 1.29 is 18.9 Å². The molecule has 0 aromatic rings. The van der Waals surface area contributed by atoms with E-state index < -0.39 is 13.4 Å². The number of terminal acetylenes is 2. The van der Waals surface area contributed by atoms with Gasteiger partial charge in [0.1, 0.15) is 5.60 Å². The molecule has 66 valence electrons. The molecule has 0 aliphatic rings. The first-order valence-electron chi connectivity index (χ1n) is 3.00. The van der Waals surface area contributed by atoms with Crippen LogP contribution in [0.2, 0.25) is 0 Å². The number of hydrogen-bond donors (Lipinski definition) is 2. The van der Waals surface area contributed by atoms with Gasteiger partial charge in [0.2, 0.25) is 0 Å². The molecule has 0 saturated heterocycles. The summed E-state index contributed by atoms with van der Waals surface area (Å²) < 4.78 is 14.7. The van der Waals surface area contributed by atoms with Crippen LogP contribution in [0.5, 0.6) is 0 Å². The molecule has 0 aliphatic heterocycles. The number of hydrogen-bond acceptors (Lipinski definition) is 2. The fourth-order valence-electron chi connectivity index (χ4n) is 0.567. The average Bonchev–Trinajstić information content (AvgIpc) is 1.84. The molecule has 0 amide bonds. The van der Waals surface area contributed by atoms with E-state index in [0.717, 1.165) is 0 Å². The Morgan fingerprint density at radius 2 is 2.08 bits per heavy atom. The third-order valence-corrected chi connectivity index (χ3v) is 1.71. The van der Waals surface area contributed by atoms with Gasteiger partial charge in [-0.25, -0.2) is 4.57 Å². The minimum absolute atomic E-state index is 0.0470. The first kappa shape index (κ1) is 11.2. The zero-order valence-electron chi connectivity index (χ0n) is 6.52. The van der Waals surface area contributed by atoms with Crippen LogP contribution in [0.1, 0.15) is 13.3 Å². The van der Waals surface area contributed by atoms with Gasteiger partial charge in [0, 0.05) is 6.42 Å². The fourth-order valence-corrected chi connectivity index (χ4v) is 1.21. The summed E-state index contributed by atoms with van der Waals surface area (Å²) in [5.74, 6) is 4.25. The summed E-state index contributed by atoms with van der Waals surface area (Å²) in [7, 11) is -4.57. The number of phosphoric ester groups is 1. The second-order valence-electron chi connectivity index (χ2n) is 2.34. The maximum atomic E-state index is 10.4. The molecule has 0 aromatic heterocycles. The lowest BCUT2D eigenvalue weighted by Crippen LogP contribution is -2.24. The van der Waals surface area contributed by atoms with Crippen molar-refractivity contribution in [3.8, 4) is 24.7 Å². The predicted molar refractivity (Wildman–Crippen MR) is 43.8 cm³/mol. The maximum Gasteiger partial charge on any atom is 0.471 e. The quantitative estimate of drug-likeness (QED) is 0.500. The molecule has 0 heterocycles. The minimum atomic E-state index is -4.57. The second-order valence-corrected chi connectivity index (χ2v) is 3.50. The third kappa shape index (κ3) is 4.18. The highest BCUT2D eigenvalue weighted by Crippen LogP contribution is 2.42. The molecule has 0 rings (SSSR count). The van der Waals surface area contributed by atoms with Crippen molar-refractivity contribution in [2.24, 2.45) is 0 Å². The van der Waals surface area contributed by atoms with Gasteiger partial charge in [-0.1, -0.05) is 5.92 Å². The molecular weight excluding hydrogens is 179 g/mol. The summed E-state index contributed by atoms with van der Waals surface area (Å²) in [4.78, 5) is 16.9. The summed E-state index contributed by atoms with van der Waals surface area (Å²) in [6.45, 7) is 1.34. The monoisotopic (exact) mass is 188 g/mol. The number of rotatable bonds is 3. The van der Waals surface area contributed by atoms with Crippen molar-refractivity contribution in [2.45, 2.75) is 18.9 Å². The molecule has 0 radical (unpaired) electrons. The van der Waals surface area contributed by atoms with Crippen molar-refractivity contribution in [3.63, 3.8) is 0 Å². The van der Waals surface area contributed by atoms with Gasteiger partial charge in [-0.3, -0.25) is 4.52 Å². The van der Waals surface area contributed by atoms with Crippen LogP contribution in [0, 0.1) is 24.7 Å². The van der Waals surface area contributed by atoms with Crippen LogP contribution in [-0.2, 0) is 9.09 Å². The van der Waals surface area contributed by atoms with Gasteiger partial charge in [0.05, 0.1) is 0 Å². The van der Waals surface area contributed by atoms with Crippen LogP contribution in [0.25, 0.3) is 0 Å². The van der Waals surface area contributed by atoms with E-state index in [4.69, 9.17) is 22.6 Å². The van der Waals surface area contributed by atoms with Crippen molar-refractivity contribution in [2.75, 3.05) is 0 Å². The second kappa shape index (κ2) is 3.76. The lowest BCUT2D eigenvalue weighted by molar-refractivity contribution is 0.100. The van der Waals surface area contributed by atoms with Crippen molar-refractivity contribution in [1.82, 2.24) is 0 Å². The molecule has 1 atom stereocenters. The summed E-state index contributed by atoms with van der Waals surface area (Å²) in [5, 5.41) is 0. The zero-order valence-corrected chi connectivity index (χ0v) is 7.41. The molecule has 12 heavy (non-hydrogen) atoms. The smallest absolute Gasteiger partial charge is 0.303 e. The normalized spacial score (nSPS) is 15.8. The first-order valence-corrected chi connectivity index (χ1v) is 4.53. The molecule has 2 N–H and O–H groups in total. The van der Waals surface area contributed by atoms with Gasteiger partial charge in [0.25, 0.3) is 0 Å². The Hall–Kier alpha value is -0.770. The van der Waals surface area contributed by atoms with Crippen LogP contribution in [0.15, 0.2) is 0 Å². The predicted octanol–water partition coefficient (Wildman–Crippen LogP) is 0.511. The van der Waals surface area contributed by atoms with Crippen LogP contribution >= 0.6 is 7.82 Å². The summed E-state index contributed by atoms with van der Waals surface area (Å²) in [6, 6.07) is 0. The lowest BCUT2D eigenvalue weighted by Gasteiger charge is -2.21. The SMILES string of the molecule is C#CCC(C)(C#C)OP(=O)(O)O. The molecule has 0 aliphatic carbocycles. The van der Waals surface area contributed by atoms with Crippen molar-refractivity contribution >= 4 is 7.82 Å². The molecule has 0 bridgehead atoms. The molecule has 0 fully saturated rings. The molecule has 5 heteroatoms. The molecule has 0 spiro atoms. The summed E-state index contributed by atoms with van der Waals surface area (Å²) >= 11 is 0. The van der Waals surface area contributed by atoms with E-state index in [-0.39, 0.29) is 6.42 Å². The van der Waals surface area contributed by atoms with Gasteiger partial charge >= 0.3 is 7.82 Å². The maximum absolute atomic E-state index is 10.4. The highest BCUT2D eigenvalue weighted by Gasteiger charge is 2.30. The topological polar surface area (TPSA) is 66.8 Å². The van der Waals surface area contributed by atoms with E-state index in [1.54, 1.807) is 0 Å². The van der Waals surface area contributed by atoms with Crippen LogP contribution in [0.3, 0.4) is 0 Å². The highest BCUT2D eigenvalue weighted by molar-refractivity contribution is 7.46. The Morgan fingerprint density at radius 3 is 2.33 bits per heavy atom. The summed E-state index contributed by atoms with van der Waals surface area (Å²) in [6.07, 6.45) is 9.87.